The first-order valence-electron chi connectivity index (χ1n) is 6.12. The number of rotatable bonds is 4. The summed E-state index contributed by atoms with van der Waals surface area (Å²) in [7, 11) is 0. The van der Waals surface area contributed by atoms with Crippen LogP contribution in [0.4, 0.5) is 0 Å². The molecule has 2 heterocycles. The van der Waals surface area contributed by atoms with Crippen LogP contribution < -0.4 is 5.73 Å². The monoisotopic (exact) mass is 238 g/mol. The molecular formula is C13H22N2S. The second-order valence-electron chi connectivity index (χ2n) is 5.29. The van der Waals surface area contributed by atoms with E-state index in [0.717, 1.165) is 6.42 Å². The molecule has 2 N–H and O–H groups in total. The molecule has 1 saturated heterocycles. The fraction of sp³-hybridized carbons (Fsp3) is 0.692. The molecule has 0 aliphatic carbocycles. The third-order valence-corrected chi connectivity index (χ3v) is 4.60. The number of hydrogen-bond acceptors (Lipinski definition) is 3. The average Bonchev–Trinajstić information content (AvgIpc) is 2.89. The van der Waals surface area contributed by atoms with Gasteiger partial charge in [0.25, 0.3) is 0 Å². The van der Waals surface area contributed by atoms with Crippen molar-refractivity contribution >= 4 is 11.3 Å². The molecule has 0 amide bonds. The van der Waals surface area contributed by atoms with Crippen LogP contribution in [0.1, 0.15) is 32.3 Å². The Kier molecular flexibility index (Phi) is 3.67. The Morgan fingerprint density at radius 1 is 1.44 bits per heavy atom. The van der Waals surface area contributed by atoms with Crippen LogP contribution in [0.2, 0.25) is 0 Å². The third-order valence-electron chi connectivity index (χ3n) is 3.86. The van der Waals surface area contributed by atoms with E-state index in [1.807, 2.05) is 0 Å². The van der Waals surface area contributed by atoms with E-state index in [1.54, 1.807) is 11.3 Å². The summed E-state index contributed by atoms with van der Waals surface area (Å²) in [5.41, 5.74) is 7.89. The summed E-state index contributed by atoms with van der Waals surface area (Å²) in [6, 6.07) is 2.41. The first-order valence-corrected chi connectivity index (χ1v) is 7.06. The highest BCUT2D eigenvalue weighted by atomic mass is 32.1. The van der Waals surface area contributed by atoms with Gasteiger partial charge in [0, 0.05) is 11.6 Å². The van der Waals surface area contributed by atoms with Crippen molar-refractivity contribution in [2.75, 3.05) is 13.1 Å². The molecule has 0 radical (unpaired) electrons. The summed E-state index contributed by atoms with van der Waals surface area (Å²) in [6.07, 6.45) is 3.65. The fourth-order valence-electron chi connectivity index (χ4n) is 2.44. The summed E-state index contributed by atoms with van der Waals surface area (Å²) >= 11 is 1.76. The van der Waals surface area contributed by atoms with Gasteiger partial charge in [0.05, 0.1) is 0 Å². The SMILES string of the molecule is CC(C)(C(N)Cc1ccsc1)N1CCCC1. The van der Waals surface area contributed by atoms with Crippen molar-refractivity contribution in [3.63, 3.8) is 0 Å². The lowest BCUT2D eigenvalue weighted by atomic mass is 9.89. The van der Waals surface area contributed by atoms with E-state index in [-0.39, 0.29) is 11.6 Å². The first kappa shape index (κ1) is 12.1. The van der Waals surface area contributed by atoms with Gasteiger partial charge in [0.15, 0.2) is 0 Å². The summed E-state index contributed by atoms with van der Waals surface area (Å²) < 4.78 is 0. The van der Waals surface area contributed by atoms with Crippen molar-refractivity contribution in [2.45, 2.75) is 44.7 Å². The van der Waals surface area contributed by atoms with Gasteiger partial charge in [0.1, 0.15) is 0 Å². The van der Waals surface area contributed by atoms with Gasteiger partial charge < -0.3 is 5.73 Å². The standard InChI is InChI=1S/C13H22N2S/c1-13(2,15-6-3-4-7-15)12(14)9-11-5-8-16-10-11/h5,8,10,12H,3-4,6-7,9,14H2,1-2H3. The summed E-state index contributed by atoms with van der Waals surface area (Å²) in [4.78, 5) is 2.55. The summed E-state index contributed by atoms with van der Waals surface area (Å²) in [5.74, 6) is 0. The summed E-state index contributed by atoms with van der Waals surface area (Å²) in [6.45, 7) is 7.00. The Hall–Kier alpha value is -0.380. The fourth-order valence-corrected chi connectivity index (χ4v) is 3.12. The van der Waals surface area contributed by atoms with Crippen LogP contribution in [0.25, 0.3) is 0 Å². The molecule has 90 valence electrons. The van der Waals surface area contributed by atoms with E-state index < -0.39 is 0 Å². The minimum Gasteiger partial charge on any atom is -0.326 e. The highest BCUT2D eigenvalue weighted by Crippen LogP contribution is 2.25. The Balaban J connectivity index is 1.99. The van der Waals surface area contributed by atoms with Gasteiger partial charge in [-0.2, -0.15) is 11.3 Å². The predicted octanol–water partition coefficient (Wildman–Crippen LogP) is 2.49. The van der Waals surface area contributed by atoms with Crippen molar-refractivity contribution in [1.82, 2.24) is 4.90 Å². The average molecular weight is 238 g/mol. The van der Waals surface area contributed by atoms with E-state index in [1.165, 1.54) is 31.5 Å². The molecule has 16 heavy (non-hydrogen) atoms. The molecule has 1 aliphatic heterocycles. The molecule has 2 nitrogen and oxygen atoms in total. The molecule has 0 bridgehead atoms. The maximum atomic E-state index is 6.39. The minimum atomic E-state index is 0.123. The summed E-state index contributed by atoms with van der Waals surface area (Å²) in [5, 5.41) is 4.34. The number of likely N-dealkylation sites (tertiary alicyclic amines) is 1. The second kappa shape index (κ2) is 4.86. The molecule has 1 atom stereocenters. The molecule has 1 unspecified atom stereocenters. The lowest BCUT2D eigenvalue weighted by molar-refractivity contribution is 0.123. The van der Waals surface area contributed by atoms with Crippen molar-refractivity contribution in [3.8, 4) is 0 Å². The smallest absolute Gasteiger partial charge is 0.0307 e. The number of hydrogen-bond donors (Lipinski definition) is 1. The second-order valence-corrected chi connectivity index (χ2v) is 6.07. The molecule has 0 aromatic carbocycles. The van der Waals surface area contributed by atoms with E-state index >= 15 is 0 Å². The normalized spacial score (nSPS) is 20.2. The topological polar surface area (TPSA) is 29.3 Å². The molecule has 1 aromatic heterocycles. The van der Waals surface area contributed by atoms with Gasteiger partial charge in [-0.05, 0) is 68.6 Å². The van der Waals surface area contributed by atoms with Crippen LogP contribution in [-0.4, -0.2) is 29.6 Å². The van der Waals surface area contributed by atoms with E-state index in [2.05, 4.69) is 35.6 Å². The van der Waals surface area contributed by atoms with Gasteiger partial charge >= 0.3 is 0 Å². The van der Waals surface area contributed by atoms with Crippen LogP contribution in [0.15, 0.2) is 16.8 Å². The molecule has 0 saturated carbocycles. The van der Waals surface area contributed by atoms with Crippen LogP contribution in [0.3, 0.4) is 0 Å². The lowest BCUT2D eigenvalue weighted by Gasteiger charge is -2.40. The van der Waals surface area contributed by atoms with Crippen molar-refractivity contribution in [3.05, 3.63) is 22.4 Å². The number of thiophene rings is 1. The maximum absolute atomic E-state index is 6.39. The Labute approximate surface area is 102 Å². The van der Waals surface area contributed by atoms with Crippen LogP contribution in [0, 0.1) is 0 Å². The minimum absolute atomic E-state index is 0.123. The van der Waals surface area contributed by atoms with Crippen molar-refractivity contribution in [1.29, 1.82) is 0 Å². The van der Waals surface area contributed by atoms with E-state index in [0.29, 0.717) is 0 Å². The van der Waals surface area contributed by atoms with Crippen molar-refractivity contribution < 1.29 is 0 Å². The zero-order chi connectivity index (χ0) is 11.6. The highest BCUT2D eigenvalue weighted by molar-refractivity contribution is 7.07. The van der Waals surface area contributed by atoms with Gasteiger partial charge in [-0.15, -0.1) is 0 Å². The van der Waals surface area contributed by atoms with Crippen molar-refractivity contribution in [2.24, 2.45) is 5.73 Å². The molecule has 3 heteroatoms. The van der Waals surface area contributed by atoms with Gasteiger partial charge in [-0.25, -0.2) is 0 Å². The van der Waals surface area contributed by atoms with Crippen LogP contribution >= 0.6 is 11.3 Å². The zero-order valence-corrected chi connectivity index (χ0v) is 11.1. The molecule has 1 aliphatic rings. The largest absolute Gasteiger partial charge is 0.326 e. The number of nitrogens with two attached hydrogens (primary N) is 1. The van der Waals surface area contributed by atoms with Gasteiger partial charge in [-0.3, -0.25) is 4.90 Å². The first-order chi connectivity index (χ1) is 7.60. The van der Waals surface area contributed by atoms with E-state index in [9.17, 15) is 0 Å². The molecule has 1 aromatic rings. The molecule has 0 spiro atoms. The highest BCUT2D eigenvalue weighted by Gasteiger charge is 2.34. The quantitative estimate of drug-likeness (QED) is 0.873. The molecule has 2 rings (SSSR count). The Bertz CT molecular complexity index is 313. The molecular weight excluding hydrogens is 216 g/mol. The van der Waals surface area contributed by atoms with Gasteiger partial charge in [0.2, 0.25) is 0 Å². The number of nitrogens with zero attached hydrogens (tertiary/aromatic N) is 1. The predicted molar refractivity (Wildman–Crippen MR) is 70.9 cm³/mol. The van der Waals surface area contributed by atoms with E-state index in [4.69, 9.17) is 5.73 Å². The van der Waals surface area contributed by atoms with Crippen LogP contribution in [-0.2, 0) is 6.42 Å². The zero-order valence-electron chi connectivity index (χ0n) is 10.3. The molecule has 1 fully saturated rings. The maximum Gasteiger partial charge on any atom is 0.0307 e. The lowest BCUT2D eigenvalue weighted by Crippen LogP contribution is -2.55. The Morgan fingerprint density at radius 3 is 2.69 bits per heavy atom. The van der Waals surface area contributed by atoms with Gasteiger partial charge in [-0.1, -0.05) is 0 Å². The third kappa shape index (κ3) is 2.47. The Morgan fingerprint density at radius 2 is 2.12 bits per heavy atom. The van der Waals surface area contributed by atoms with Crippen LogP contribution in [0.5, 0.6) is 0 Å².